The highest BCUT2D eigenvalue weighted by atomic mass is 79.9. The van der Waals surface area contributed by atoms with Crippen LogP contribution in [-0.2, 0) is 16.0 Å². The molecule has 0 aliphatic carbocycles. The first-order chi connectivity index (χ1) is 53.2. The molecular weight excluding hydrogens is 1920 g/mol. The van der Waals surface area contributed by atoms with E-state index in [0.29, 0.717) is 98.0 Å². The number of ketones is 1. The Morgan fingerprint density at radius 3 is 1.47 bits per heavy atom. The van der Waals surface area contributed by atoms with Crippen molar-refractivity contribution in [2.24, 2.45) is 4.99 Å². The third-order valence-electron chi connectivity index (χ3n) is 14.0. The quantitative estimate of drug-likeness (QED) is 0.0351. The van der Waals surface area contributed by atoms with E-state index in [2.05, 4.69) is 66.6 Å². The van der Waals surface area contributed by atoms with Gasteiger partial charge in [-0.05, 0) is 152 Å². The molecule has 7 heterocycles. The molecule has 0 atom stereocenters. The zero-order valence-electron chi connectivity index (χ0n) is 56.5. The van der Waals surface area contributed by atoms with E-state index in [1.807, 2.05) is 82.2 Å². The number of halogens is 14. The number of alkyl halides is 1. The number of aromatic nitrogens is 10. The predicted octanol–water partition coefficient (Wildman–Crippen LogP) is 27.4. The Labute approximate surface area is 741 Å². The van der Waals surface area contributed by atoms with Crippen LogP contribution in [0, 0.1) is 3.95 Å². The third kappa shape index (κ3) is 26.3. The summed E-state index contributed by atoms with van der Waals surface area (Å²) in [5.74, 6) is 0.319. The van der Waals surface area contributed by atoms with Gasteiger partial charge in [-0.3, -0.25) is 9.59 Å². The van der Waals surface area contributed by atoms with Crippen LogP contribution in [-0.4, -0.2) is 110 Å². The zero-order valence-corrected chi connectivity index (χ0v) is 74.4. The normalized spacial score (nSPS) is 11.3. The lowest BCUT2D eigenvalue weighted by Gasteiger charge is -2.07. The van der Waals surface area contributed by atoms with E-state index in [1.165, 1.54) is 80.6 Å². The summed E-state index contributed by atoms with van der Waals surface area (Å²) < 4.78 is 19.7. The third-order valence-corrected chi connectivity index (χ3v) is 25.7. The number of carbonyl (C=O) groups is 4. The Balaban J connectivity index is 0.000000160. The van der Waals surface area contributed by atoms with Crippen LogP contribution in [0.25, 0.3) is 45.0 Å². The highest BCUT2D eigenvalue weighted by Gasteiger charge is 2.25. The summed E-state index contributed by atoms with van der Waals surface area (Å²) in [6, 6.07) is 39.2. The van der Waals surface area contributed by atoms with Crippen molar-refractivity contribution >= 4 is 288 Å². The number of Topliss-reactive ketones (excluding diaryl/α,β-unsaturated/α-hetero) is 1. The monoisotopic (exact) mass is 1950 g/mol. The van der Waals surface area contributed by atoms with Crippen molar-refractivity contribution in [3.8, 4) is 50.8 Å². The fourth-order valence-corrected chi connectivity index (χ4v) is 16.7. The number of nitrogens with zero attached hydrogens (tertiary/aromatic N) is 9. The second-order valence-electron chi connectivity index (χ2n) is 21.4. The number of rotatable bonds is 18. The summed E-state index contributed by atoms with van der Waals surface area (Å²) in [4.78, 5) is 66.6. The Morgan fingerprint density at radius 2 is 1.01 bits per heavy atom. The molecule has 2 N–H and O–H groups in total. The van der Waals surface area contributed by atoms with Gasteiger partial charge in [0.2, 0.25) is 11.4 Å². The van der Waals surface area contributed by atoms with E-state index in [9.17, 15) is 19.2 Å². The lowest BCUT2D eigenvalue weighted by Crippen LogP contribution is -2.08. The largest absolute Gasteiger partial charge is 0.497 e. The van der Waals surface area contributed by atoms with Crippen molar-refractivity contribution in [2.75, 3.05) is 31.4 Å². The van der Waals surface area contributed by atoms with Crippen molar-refractivity contribution in [3.05, 3.63) is 252 Å². The number of thiazole rings is 4. The summed E-state index contributed by atoms with van der Waals surface area (Å²) >= 11 is 93.8. The molecule has 40 heteroatoms. The maximum atomic E-state index is 12.5. The predicted molar refractivity (Wildman–Crippen MR) is 467 cm³/mol. The standard InChI is InChI=1S/C22H18Cl2N4O3S2.C14H10Cl2N4O2S2.C9H4Cl3NS.C9H5Cl2NOS.C9H5Cl2NS2.C8H5BrCl2O/c1-3-31-21(29)19-20(28(27-26-19)11-13-4-7-15(30-2)8-5-13)33-22-25-18(12-32-22)14-6-9-16(23)17(24)10-14;1-2-22-13(21)11-12(19-20-18-11)24-14-17-10(6-23-14)7-3-4-8(15)9(16)5-7;10-6-2-1-5(3-7(6)11)8-4-14-9(12)13-8;2*10-6-2-1-5(3-7(6)11)8-4-14-9(13)12-8;9-4-8(12)5-1-2-6(10)7(11)3-5/h4-10,12H,3,11H2,1-2H3;3-6H,2H2,1H3,(H,18,19,20);1-4H;1-3H,4H2;1-4H,(H,12,13);1-3H,4H2. The van der Waals surface area contributed by atoms with Gasteiger partial charge in [-0.15, -0.1) is 60.6 Å². The van der Waals surface area contributed by atoms with Gasteiger partial charge in [0.15, 0.2) is 27.9 Å². The fraction of sp³-hybridized carbons (Fsp3) is 0.113. The molecule has 111 heavy (non-hydrogen) atoms. The number of ether oxygens (including phenoxy) is 3. The van der Waals surface area contributed by atoms with Gasteiger partial charge >= 0.3 is 17.2 Å². The van der Waals surface area contributed by atoms with E-state index in [0.717, 1.165) is 80.3 Å². The first-order valence-corrected chi connectivity index (χ1v) is 43.7. The smallest absolute Gasteiger partial charge is 0.361 e. The van der Waals surface area contributed by atoms with Gasteiger partial charge in [-0.25, -0.2) is 34.2 Å². The van der Waals surface area contributed by atoms with Crippen LogP contribution in [0.4, 0.5) is 4.79 Å². The minimum Gasteiger partial charge on any atom is -0.497 e. The first-order valence-electron chi connectivity index (χ1n) is 31.1. The average molecular weight is 1960 g/mol. The minimum atomic E-state index is -0.526. The van der Waals surface area contributed by atoms with E-state index >= 15 is 0 Å². The number of aromatic amines is 2. The van der Waals surface area contributed by atoms with Crippen LogP contribution in [0.1, 0.15) is 56.3 Å². The number of benzene rings is 7. The lowest BCUT2D eigenvalue weighted by molar-refractivity contribution is 0.0505. The van der Waals surface area contributed by atoms with E-state index in [-0.39, 0.29) is 35.6 Å². The molecule has 13 aromatic rings. The van der Waals surface area contributed by atoms with Gasteiger partial charge in [-0.1, -0.05) is 226 Å². The summed E-state index contributed by atoms with van der Waals surface area (Å²) in [6.07, 6.45) is 0. The molecule has 1 aliphatic heterocycles. The van der Waals surface area contributed by atoms with E-state index < -0.39 is 11.9 Å². The van der Waals surface area contributed by atoms with Gasteiger partial charge in [0.25, 0.3) is 0 Å². The van der Waals surface area contributed by atoms with Gasteiger partial charge in [0, 0.05) is 55.1 Å². The molecule has 574 valence electrons. The second kappa shape index (κ2) is 44.1. The molecule has 18 nitrogen and oxygen atoms in total. The molecule has 0 saturated carbocycles. The molecule has 0 spiro atoms. The number of amides is 1. The van der Waals surface area contributed by atoms with Crippen molar-refractivity contribution in [3.63, 3.8) is 0 Å². The summed E-state index contributed by atoms with van der Waals surface area (Å²) in [7, 11) is 1.62. The minimum absolute atomic E-state index is 0.00596. The summed E-state index contributed by atoms with van der Waals surface area (Å²) in [5.41, 5.74) is 10.4. The molecule has 0 bridgehead atoms. The Bertz CT molecular complexity index is 5550. The Hall–Kier alpha value is -5.39. The number of hydrogen-bond acceptors (Lipinski definition) is 22. The number of aliphatic imine (C=N–C) groups is 1. The molecule has 1 aliphatic rings. The average Bonchev–Trinajstić information content (AvgIpc) is 1.65. The van der Waals surface area contributed by atoms with Gasteiger partial charge in [0.1, 0.15) is 10.8 Å². The van der Waals surface area contributed by atoms with E-state index in [4.69, 9.17) is 177 Å². The van der Waals surface area contributed by atoms with Crippen LogP contribution in [0.5, 0.6) is 5.75 Å². The summed E-state index contributed by atoms with van der Waals surface area (Å²) in [5, 5.41) is 33.2. The molecule has 1 amide bonds. The maximum Gasteiger partial charge on any atom is 0.361 e. The highest BCUT2D eigenvalue weighted by molar-refractivity contribution is 9.09. The van der Waals surface area contributed by atoms with Crippen LogP contribution < -0.4 is 4.74 Å². The maximum absolute atomic E-state index is 12.5. The van der Waals surface area contributed by atoms with Crippen LogP contribution in [0.15, 0.2) is 179 Å². The first kappa shape index (κ1) is 89.5. The van der Waals surface area contributed by atoms with Gasteiger partial charge in [0.05, 0.1) is 121 Å². The van der Waals surface area contributed by atoms with Crippen LogP contribution >= 0.6 is 260 Å². The van der Waals surface area contributed by atoms with Crippen LogP contribution in [0.3, 0.4) is 0 Å². The molecular formula is C71H47BrCl13N11O7S8. The van der Waals surface area contributed by atoms with Crippen molar-refractivity contribution in [2.45, 2.75) is 39.1 Å². The SMILES string of the molecule is CCOC(=O)c1n[nH]nc1Sc1nc(-c2ccc(Cl)c(Cl)c2)cs1.CCOC(=O)c1nnn(Cc2ccc(OC)cc2)c1Sc1nc(-c2ccc(Cl)c(Cl)c2)cs1.Clc1nc(-c2ccc(Cl)c(Cl)c2)cs1.O=C(CBr)c1ccc(Cl)c(Cl)c1.O=C1N=C(c2ccc(Cl)c(Cl)c2)CS1.S=c1[nH]c(-c2ccc(Cl)c(Cl)c2)cs1. The topological polar surface area (TPSA) is 235 Å². The highest BCUT2D eigenvalue weighted by Crippen LogP contribution is 2.40. The van der Waals surface area contributed by atoms with E-state index in [1.54, 1.807) is 98.4 Å². The van der Waals surface area contributed by atoms with Crippen LogP contribution in [0.2, 0.25) is 64.7 Å². The fourth-order valence-electron chi connectivity index (χ4n) is 8.71. The van der Waals surface area contributed by atoms with Crippen molar-refractivity contribution in [1.29, 1.82) is 0 Å². The van der Waals surface area contributed by atoms with Crippen molar-refractivity contribution < 1.29 is 33.4 Å². The Kier molecular flexibility index (Phi) is 35.6. The number of carbonyl (C=O) groups excluding carboxylic acids is 4. The summed E-state index contributed by atoms with van der Waals surface area (Å²) in [6.45, 7) is 4.41. The number of esters is 2. The number of hydrogen-bond donors (Lipinski definition) is 2. The second-order valence-corrected chi connectivity index (χ2v) is 34.9. The van der Waals surface area contributed by atoms with Crippen molar-refractivity contribution in [1.82, 2.24) is 50.3 Å². The molecule has 14 rings (SSSR count). The van der Waals surface area contributed by atoms with Gasteiger partial charge < -0.3 is 19.2 Å². The number of methoxy groups -OCH3 is 1. The lowest BCUT2D eigenvalue weighted by atomic mass is 10.1. The number of nitrogens with one attached hydrogen (secondary N) is 2. The zero-order chi connectivity index (χ0) is 80.0. The van der Waals surface area contributed by atoms with Gasteiger partial charge in [-0.2, -0.15) is 5.21 Å². The molecule has 0 unspecified atom stereocenters. The molecule has 6 aromatic heterocycles. The molecule has 0 fully saturated rings. The molecule has 7 aromatic carbocycles. The Morgan fingerprint density at radius 1 is 0.541 bits per heavy atom. The molecule has 0 radical (unpaired) electrons. The number of thioether (sulfide) groups is 1. The molecule has 0 saturated heterocycles. The number of H-pyrrole nitrogens is 2.